The molecule has 0 saturated carbocycles. The van der Waals surface area contributed by atoms with Crippen molar-refractivity contribution in [3.8, 4) is 0 Å². The summed E-state index contributed by atoms with van der Waals surface area (Å²) >= 11 is 0. The molecule has 1 aromatic rings. The van der Waals surface area contributed by atoms with Gasteiger partial charge in [0.1, 0.15) is 5.76 Å². The van der Waals surface area contributed by atoms with Gasteiger partial charge in [-0.05, 0) is 51.9 Å². The average molecular weight is 236 g/mol. The molecule has 17 heavy (non-hydrogen) atoms. The van der Waals surface area contributed by atoms with Gasteiger partial charge in [0.25, 0.3) is 5.91 Å². The third-order valence-electron chi connectivity index (χ3n) is 3.24. The van der Waals surface area contributed by atoms with Gasteiger partial charge < -0.3 is 14.6 Å². The van der Waals surface area contributed by atoms with Crippen LogP contribution in [-0.2, 0) is 0 Å². The number of aryl methyl sites for hydroxylation is 1. The number of carbonyl (C=O) groups is 1. The number of hydrogen-bond donors (Lipinski definition) is 1. The monoisotopic (exact) mass is 236 g/mol. The number of nitrogens with zero attached hydrogens (tertiary/aromatic N) is 1. The predicted octanol–water partition coefficient (Wildman–Crippen LogP) is 1.80. The number of carbonyl (C=O) groups excluding carboxylic acids is 1. The molecule has 0 aromatic carbocycles. The second-order valence-corrected chi connectivity index (χ2v) is 4.55. The summed E-state index contributed by atoms with van der Waals surface area (Å²) in [6.07, 6.45) is 5.21. The predicted molar refractivity (Wildman–Crippen MR) is 66.1 cm³/mol. The van der Waals surface area contributed by atoms with Gasteiger partial charge in [-0.2, -0.15) is 0 Å². The fraction of sp³-hybridized carbons (Fsp3) is 0.615. The molecule has 0 bridgehead atoms. The Morgan fingerprint density at radius 2 is 2.24 bits per heavy atom. The van der Waals surface area contributed by atoms with Crippen LogP contribution < -0.4 is 5.32 Å². The quantitative estimate of drug-likeness (QED) is 0.793. The van der Waals surface area contributed by atoms with Crippen LogP contribution in [0.25, 0.3) is 0 Å². The summed E-state index contributed by atoms with van der Waals surface area (Å²) in [7, 11) is 0. The van der Waals surface area contributed by atoms with Crippen LogP contribution >= 0.6 is 0 Å². The molecule has 1 aromatic heterocycles. The number of furan rings is 1. The van der Waals surface area contributed by atoms with E-state index in [1.54, 1.807) is 19.3 Å². The maximum atomic E-state index is 11.7. The van der Waals surface area contributed by atoms with Crippen LogP contribution in [0.2, 0.25) is 0 Å². The summed E-state index contributed by atoms with van der Waals surface area (Å²) in [5, 5.41) is 2.92. The van der Waals surface area contributed by atoms with Gasteiger partial charge in [0.15, 0.2) is 0 Å². The fourth-order valence-corrected chi connectivity index (χ4v) is 2.23. The number of nitrogens with one attached hydrogen (secondary N) is 1. The van der Waals surface area contributed by atoms with Gasteiger partial charge in [0, 0.05) is 6.54 Å². The lowest BCUT2D eigenvalue weighted by Gasteiger charge is -2.14. The molecule has 1 amide bonds. The highest BCUT2D eigenvalue weighted by Gasteiger charge is 2.12. The van der Waals surface area contributed by atoms with E-state index >= 15 is 0 Å². The van der Waals surface area contributed by atoms with E-state index in [9.17, 15) is 4.79 Å². The largest absolute Gasteiger partial charge is 0.469 e. The fourth-order valence-electron chi connectivity index (χ4n) is 2.23. The summed E-state index contributed by atoms with van der Waals surface area (Å²) < 4.78 is 5.10. The van der Waals surface area contributed by atoms with Crippen molar-refractivity contribution in [3.05, 3.63) is 23.7 Å². The van der Waals surface area contributed by atoms with Crippen molar-refractivity contribution in [2.45, 2.75) is 26.2 Å². The van der Waals surface area contributed by atoms with Crippen molar-refractivity contribution >= 4 is 5.91 Å². The first-order valence-electron chi connectivity index (χ1n) is 6.32. The second kappa shape index (κ2) is 5.87. The number of rotatable bonds is 5. The minimum atomic E-state index is -0.0299. The molecule has 1 aliphatic rings. The van der Waals surface area contributed by atoms with E-state index in [0.717, 1.165) is 19.5 Å². The van der Waals surface area contributed by atoms with Crippen LogP contribution in [0.1, 0.15) is 35.4 Å². The van der Waals surface area contributed by atoms with Gasteiger partial charge in [-0.25, -0.2) is 0 Å². The Morgan fingerprint density at radius 1 is 1.47 bits per heavy atom. The van der Waals surface area contributed by atoms with E-state index < -0.39 is 0 Å². The van der Waals surface area contributed by atoms with Crippen LogP contribution in [0, 0.1) is 6.92 Å². The number of hydrogen-bond acceptors (Lipinski definition) is 3. The van der Waals surface area contributed by atoms with Gasteiger partial charge in [-0.3, -0.25) is 4.79 Å². The minimum Gasteiger partial charge on any atom is -0.469 e. The van der Waals surface area contributed by atoms with Gasteiger partial charge >= 0.3 is 0 Å². The Kier molecular flexibility index (Phi) is 4.20. The number of amides is 1. The van der Waals surface area contributed by atoms with Gasteiger partial charge in [-0.1, -0.05) is 0 Å². The first-order chi connectivity index (χ1) is 8.27. The Labute approximate surface area is 102 Å². The molecule has 4 heteroatoms. The topological polar surface area (TPSA) is 45.5 Å². The Bertz CT molecular complexity index is 367. The highest BCUT2D eigenvalue weighted by atomic mass is 16.3. The summed E-state index contributed by atoms with van der Waals surface area (Å²) in [6, 6.07) is 1.71. The molecule has 1 N–H and O–H groups in total. The van der Waals surface area contributed by atoms with Gasteiger partial charge in [0.05, 0.1) is 11.8 Å². The van der Waals surface area contributed by atoms with Crippen LogP contribution in [0.5, 0.6) is 0 Å². The summed E-state index contributed by atoms with van der Waals surface area (Å²) in [6.45, 7) is 6.06. The van der Waals surface area contributed by atoms with Crippen molar-refractivity contribution < 1.29 is 9.21 Å². The molecule has 0 radical (unpaired) electrons. The molecule has 2 rings (SSSR count). The number of likely N-dealkylation sites (tertiary alicyclic amines) is 1. The SMILES string of the molecule is Cc1occc1C(=O)NCCCN1CCCC1. The van der Waals surface area contributed by atoms with Crippen LogP contribution in [-0.4, -0.2) is 37.0 Å². The third kappa shape index (κ3) is 3.33. The van der Waals surface area contributed by atoms with Gasteiger partial charge in [0.2, 0.25) is 0 Å². The lowest BCUT2D eigenvalue weighted by molar-refractivity contribution is 0.0950. The Morgan fingerprint density at radius 3 is 2.88 bits per heavy atom. The van der Waals surface area contributed by atoms with E-state index in [-0.39, 0.29) is 5.91 Å². The van der Waals surface area contributed by atoms with E-state index in [2.05, 4.69) is 10.2 Å². The average Bonchev–Trinajstić information content (AvgIpc) is 2.95. The molecule has 0 spiro atoms. The molecular formula is C13H20N2O2. The van der Waals surface area contributed by atoms with Crippen LogP contribution in [0.3, 0.4) is 0 Å². The zero-order valence-corrected chi connectivity index (χ0v) is 10.4. The molecule has 1 aliphatic heterocycles. The Hall–Kier alpha value is -1.29. The summed E-state index contributed by atoms with van der Waals surface area (Å²) in [5.74, 6) is 0.653. The van der Waals surface area contributed by atoms with E-state index in [4.69, 9.17) is 4.42 Å². The van der Waals surface area contributed by atoms with Crippen molar-refractivity contribution in [2.75, 3.05) is 26.2 Å². The summed E-state index contributed by atoms with van der Waals surface area (Å²) in [4.78, 5) is 14.2. The summed E-state index contributed by atoms with van der Waals surface area (Å²) in [5.41, 5.74) is 0.645. The molecule has 1 fully saturated rings. The Balaban J connectivity index is 1.65. The third-order valence-corrected chi connectivity index (χ3v) is 3.24. The normalized spacial score (nSPS) is 16.3. The maximum Gasteiger partial charge on any atom is 0.254 e. The lowest BCUT2D eigenvalue weighted by atomic mass is 10.2. The van der Waals surface area contributed by atoms with Gasteiger partial charge in [-0.15, -0.1) is 0 Å². The smallest absolute Gasteiger partial charge is 0.254 e. The molecular weight excluding hydrogens is 216 g/mol. The standard InChI is InChI=1S/C13H20N2O2/c1-11-12(5-10-17-11)13(16)14-6-4-9-15-7-2-3-8-15/h5,10H,2-4,6-9H2,1H3,(H,14,16). The molecule has 4 nitrogen and oxygen atoms in total. The van der Waals surface area contributed by atoms with Crippen LogP contribution in [0.4, 0.5) is 0 Å². The van der Waals surface area contributed by atoms with E-state index in [1.165, 1.54) is 25.9 Å². The van der Waals surface area contributed by atoms with Crippen LogP contribution in [0.15, 0.2) is 16.7 Å². The highest BCUT2D eigenvalue weighted by molar-refractivity contribution is 5.94. The lowest BCUT2D eigenvalue weighted by Crippen LogP contribution is -2.28. The first-order valence-corrected chi connectivity index (χ1v) is 6.32. The molecule has 0 aliphatic carbocycles. The molecule has 94 valence electrons. The van der Waals surface area contributed by atoms with Crippen molar-refractivity contribution in [2.24, 2.45) is 0 Å². The first kappa shape index (κ1) is 12.2. The van der Waals surface area contributed by atoms with E-state index in [0.29, 0.717) is 11.3 Å². The van der Waals surface area contributed by atoms with Crippen molar-refractivity contribution in [1.82, 2.24) is 10.2 Å². The van der Waals surface area contributed by atoms with Crippen molar-refractivity contribution in [1.29, 1.82) is 0 Å². The highest BCUT2D eigenvalue weighted by Crippen LogP contribution is 2.09. The van der Waals surface area contributed by atoms with E-state index in [1.807, 2.05) is 0 Å². The second-order valence-electron chi connectivity index (χ2n) is 4.55. The van der Waals surface area contributed by atoms with Crippen molar-refractivity contribution in [3.63, 3.8) is 0 Å². The minimum absolute atomic E-state index is 0.0299. The maximum absolute atomic E-state index is 11.7. The molecule has 0 unspecified atom stereocenters. The zero-order chi connectivity index (χ0) is 12.1. The zero-order valence-electron chi connectivity index (χ0n) is 10.4. The molecule has 2 heterocycles. The molecule has 1 saturated heterocycles. The molecule has 0 atom stereocenters.